The third kappa shape index (κ3) is 6.85. The largest absolute Gasteiger partial charge is 0.488 e. The first-order chi connectivity index (χ1) is 18.4. The molecule has 8 nitrogen and oxygen atoms in total. The van der Waals surface area contributed by atoms with Gasteiger partial charge in [-0.1, -0.05) is 36.4 Å². The molecule has 0 saturated heterocycles. The molecule has 38 heavy (non-hydrogen) atoms. The topological polar surface area (TPSA) is 88.4 Å². The van der Waals surface area contributed by atoms with E-state index in [1.807, 2.05) is 57.2 Å². The second-order valence-corrected chi connectivity index (χ2v) is 10.3. The van der Waals surface area contributed by atoms with Crippen LogP contribution in [0.5, 0.6) is 5.75 Å². The van der Waals surface area contributed by atoms with Gasteiger partial charge < -0.3 is 14.2 Å². The fourth-order valence-corrected chi connectivity index (χ4v) is 4.97. The highest BCUT2D eigenvalue weighted by Gasteiger charge is 2.20. The van der Waals surface area contributed by atoms with E-state index < -0.39 is 6.10 Å². The molecule has 0 bridgehead atoms. The number of thiophene rings is 1. The maximum atomic E-state index is 12.1. The van der Waals surface area contributed by atoms with E-state index in [1.54, 1.807) is 23.1 Å². The number of benzene rings is 2. The van der Waals surface area contributed by atoms with E-state index in [4.69, 9.17) is 14.2 Å². The molecule has 0 aliphatic heterocycles. The van der Waals surface area contributed by atoms with Crippen molar-refractivity contribution in [1.82, 2.24) is 20.2 Å². The first-order valence-electron chi connectivity index (χ1n) is 12.9. The number of carbonyl (C=O) groups excluding carboxylic acids is 1. The highest BCUT2D eigenvalue weighted by atomic mass is 32.1. The summed E-state index contributed by atoms with van der Waals surface area (Å²) in [5, 5.41) is 12.7. The standard InChI is InChI=1S/C29H34N4O4S/c1-6-35-25(29(34)36-7-2)17-21-8-14-24(15-9-21)37-18-27-20(5)16-26(38-27)22-10-12-23(13-11-22)28-30-32-33(31-28)19(3)4/h8-16,19,25H,6-7,17-18H2,1-5H3/t25-/m0/s1. The Morgan fingerprint density at radius 1 is 1.00 bits per heavy atom. The molecule has 0 fully saturated rings. The van der Waals surface area contributed by atoms with Gasteiger partial charge >= 0.3 is 5.97 Å². The average molecular weight is 535 g/mol. The van der Waals surface area contributed by atoms with Gasteiger partial charge in [-0.3, -0.25) is 0 Å². The zero-order valence-corrected chi connectivity index (χ0v) is 23.3. The molecule has 0 unspecified atom stereocenters. The number of hydrogen-bond donors (Lipinski definition) is 0. The van der Waals surface area contributed by atoms with E-state index in [2.05, 4.69) is 40.5 Å². The van der Waals surface area contributed by atoms with Crippen molar-refractivity contribution in [2.75, 3.05) is 13.2 Å². The Morgan fingerprint density at radius 3 is 2.34 bits per heavy atom. The predicted octanol–water partition coefficient (Wildman–Crippen LogP) is 6.05. The number of ether oxygens (including phenoxy) is 3. The molecular formula is C29H34N4O4S. The number of carbonyl (C=O) groups is 1. The van der Waals surface area contributed by atoms with Gasteiger partial charge in [0.05, 0.1) is 12.6 Å². The second kappa shape index (κ2) is 12.8. The van der Waals surface area contributed by atoms with Crippen molar-refractivity contribution in [2.45, 2.75) is 59.8 Å². The Bertz CT molecular complexity index is 1330. The minimum Gasteiger partial charge on any atom is -0.488 e. The molecule has 9 heteroatoms. The zero-order valence-electron chi connectivity index (χ0n) is 22.5. The molecule has 0 spiro atoms. The van der Waals surface area contributed by atoms with E-state index in [1.165, 1.54) is 15.3 Å². The number of esters is 1. The summed E-state index contributed by atoms with van der Waals surface area (Å²) < 4.78 is 16.8. The molecule has 1 atom stereocenters. The summed E-state index contributed by atoms with van der Waals surface area (Å²) in [6.45, 7) is 11.1. The second-order valence-electron chi connectivity index (χ2n) is 9.15. The lowest BCUT2D eigenvalue weighted by Crippen LogP contribution is -2.28. The van der Waals surface area contributed by atoms with Crippen LogP contribution in [0.15, 0.2) is 54.6 Å². The van der Waals surface area contributed by atoms with Gasteiger partial charge in [0.1, 0.15) is 12.4 Å². The molecule has 0 saturated carbocycles. The fraction of sp³-hybridized carbons (Fsp3) is 0.379. The maximum absolute atomic E-state index is 12.1. The summed E-state index contributed by atoms with van der Waals surface area (Å²) in [6.07, 6.45) is -0.135. The van der Waals surface area contributed by atoms with Crippen molar-refractivity contribution in [3.05, 3.63) is 70.6 Å². The van der Waals surface area contributed by atoms with Crippen molar-refractivity contribution >= 4 is 17.3 Å². The Hall–Kier alpha value is -3.56. The summed E-state index contributed by atoms with van der Waals surface area (Å²) in [5.74, 6) is 1.07. The van der Waals surface area contributed by atoms with Crippen LogP contribution >= 0.6 is 11.3 Å². The predicted molar refractivity (Wildman–Crippen MR) is 148 cm³/mol. The molecular weight excluding hydrogens is 500 g/mol. The minimum atomic E-state index is -0.599. The summed E-state index contributed by atoms with van der Waals surface area (Å²) in [7, 11) is 0. The van der Waals surface area contributed by atoms with Crippen molar-refractivity contribution in [3.8, 4) is 27.6 Å². The fourth-order valence-electron chi connectivity index (χ4n) is 3.88. The SMILES string of the molecule is CCOC(=O)[C@H](Cc1ccc(OCc2sc(-c3ccc(-c4nnn(C(C)C)n4)cc3)cc2C)cc1)OCC. The van der Waals surface area contributed by atoms with E-state index in [-0.39, 0.29) is 12.0 Å². The van der Waals surface area contributed by atoms with Crippen molar-refractivity contribution in [1.29, 1.82) is 0 Å². The number of nitrogens with zero attached hydrogens (tertiary/aromatic N) is 4. The van der Waals surface area contributed by atoms with Gasteiger partial charge in [0.25, 0.3) is 0 Å². The Kier molecular flexibility index (Phi) is 9.25. The number of aryl methyl sites for hydroxylation is 1. The van der Waals surface area contributed by atoms with E-state index in [0.29, 0.717) is 32.1 Å². The third-order valence-electron chi connectivity index (χ3n) is 5.97. The normalized spacial score (nSPS) is 12.1. The number of tetrazole rings is 1. The lowest BCUT2D eigenvalue weighted by molar-refractivity contribution is -0.156. The molecule has 0 radical (unpaired) electrons. The molecule has 200 valence electrons. The van der Waals surface area contributed by atoms with Crippen LogP contribution in [0.1, 0.15) is 49.7 Å². The lowest BCUT2D eigenvalue weighted by Gasteiger charge is -2.15. The minimum absolute atomic E-state index is 0.173. The van der Waals surface area contributed by atoms with Gasteiger partial charge in [-0.15, -0.1) is 21.5 Å². The summed E-state index contributed by atoms with van der Waals surface area (Å²) in [4.78, 5) is 16.1. The van der Waals surface area contributed by atoms with Gasteiger partial charge in [0.15, 0.2) is 6.10 Å². The number of rotatable bonds is 12. The van der Waals surface area contributed by atoms with Crippen LogP contribution < -0.4 is 4.74 Å². The molecule has 2 heterocycles. The molecule has 0 aliphatic carbocycles. The molecule has 2 aromatic carbocycles. The van der Waals surface area contributed by atoms with Crippen molar-refractivity contribution < 1.29 is 19.0 Å². The van der Waals surface area contributed by atoms with Crippen LogP contribution in [-0.2, 0) is 27.3 Å². The highest BCUT2D eigenvalue weighted by Crippen LogP contribution is 2.33. The summed E-state index contributed by atoms with van der Waals surface area (Å²) in [5.41, 5.74) is 4.26. The third-order valence-corrected chi connectivity index (χ3v) is 7.23. The quantitative estimate of drug-likeness (QED) is 0.205. The Morgan fingerprint density at radius 2 is 1.71 bits per heavy atom. The van der Waals surface area contributed by atoms with E-state index in [9.17, 15) is 4.79 Å². The van der Waals surface area contributed by atoms with Crippen LogP contribution in [-0.4, -0.2) is 45.5 Å². The molecule has 0 amide bonds. The molecule has 2 aromatic heterocycles. The average Bonchev–Trinajstić information content (AvgIpc) is 3.56. The molecule has 4 aromatic rings. The summed E-state index contributed by atoms with van der Waals surface area (Å²) >= 11 is 1.73. The van der Waals surface area contributed by atoms with E-state index >= 15 is 0 Å². The van der Waals surface area contributed by atoms with Crippen molar-refractivity contribution in [3.63, 3.8) is 0 Å². The van der Waals surface area contributed by atoms with Gasteiger partial charge in [-0.05, 0) is 74.7 Å². The van der Waals surface area contributed by atoms with Crippen LogP contribution in [0.4, 0.5) is 0 Å². The number of hydrogen-bond acceptors (Lipinski definition) is 8. The van der Waals surface area contributed by atoms with Crippen molar-refractivity contribution in [2.24, 2.45) is 0 Å². The van der Waals surface area contributed by atoms with Gasteiger partial charge in [0.2, 0.25) is 5.82 Å². The van der Waals surface area contributed by atoms with Crippen LogP contribution in [0.3, 0.4) is 0 Å². The summed E-state index contributed by atoms with van der Waals surface area (Å²) in [6, 6.07) is 18.4. The number of aromatic nitrogens is 4. The first kappa shape index (κ1) is 27.5. The zero-order chi connectivity index (χ0) is 27.1. The maximum Gasteiger partial charge on any atom is 0.335 e. The van der Waals surface area contributed by atoms with Gasteiger partial charge in [-0.25, -0.2) is 4.79 Å². The monoisotopic (exact) mass is 534 g/mol. The smallest absolute Gasteiger partial charge is 0.335 e. The molecule has 4 rings (SSSR count). The molecule has 0 aliphatic rings. The van der Waals surface area contributed by atoms with E-state index in [0.717, 1.165) is 22.4 Å². The van der Waals surface area contributed by atoms with Crippen LogP contribution in [0, 0.1) is 6.92 Å². The van der Waals surface area contributed by atoms with Gasteiger partial charge in [0, 0.05) is 28.3 Å². The van der Waals surface area contributed by atoms with Crippen LogP contribution in [0.2, 0.25) is 0 Å². The first-order valence-corrected chi connectivity index (χ1v) is 13.7. The Labute approximate surface area is 227 Å². The lowest BCUT2D eigenvalue weighted by atomic mass is 10.1. The Balaban J connectivity index is 1.36. The van der Waals surface area contributed by atoms with Crippen LogP contribution in [0.25, 0.3) is 21.8 Å². The van der Waals surface area contributed by atoms with Gasteiger partial charge in [-0.2, -0.15) is 4.80 Å². The highest BCUT2D eigenvalue weighted by molar-refractivity contribution is 7.15. The molecule has 0 N–H and O–H groups in total.